The van der Waals surface area contributed by atoms with E-state index < -0.39 is 11.9 Å². The van der Waals surface area contributed by atoms with E-state index in [1.807, 2.05) is 0 Å². The maximum atomic E-state index is 12.6. The second kappa shape index (κ2) is 4.96. The summed E-state index contributed by atoms with van der Waals surface area (Å²) in [5.41, 5.74) is 0.955. The number of hydrogen-bond acceptors (Lipinski definition) is 3. The van der Waals surface area contributed by atoms with E-state index in [0.29, 0.717) is 10.6 Å². The summed E-state index contributed by atoms with van der Waals surface area (Å²) >= 11 is 12.1. The number of nitriles is 1. The lowest BCUT2D eigenvalue weighted by Crippen LogP contribution is -2.27. The molecule has 3 rings (SSSR count). The summed E-state index contributed by atoms with van der Waals surface area (Å²) in [6.45, 7) is 0. The van der Waals surface area contributed by atoms with Crippen LogP contribution in [-0.2, 0) is 0 Å². The minimum atomic E-state index is -0.898. The van der Waals surface area contributed by atoms with Gasteiger partial charge in [-0.15, -0.1) is 0 Å². The Kier molecular flexibility index (Phi) is 3.25. The molecule has 0 spiro atoms. The summed E-state index contributed by atoms with van der Waals surface area (Å²) in [6, 6.07) is 10.5. The maximum Gasteiger partial charge on any atom is 0.260 e. The molecule has 1 aliphatic heterocycles. The Bertz CT molecular complexity index is 799. The van der Waals surface area contributed by atoms with Crippen molar-refractivity contribution < 1.29 is 9.90 Å². The molecule has 21 heavy (non-hydrogen) atoms. The largest absolute Gasteiger partial charge is 0.506 e. The number of anilines is 1. The number of halogens is 2. The first-order valence-corrected chi connectivity index (χ1v) is 6.80. The van der Waals surface area contributed by atoms with Crippen LogP contribution in [0.15, 0.2) is 36.4 Å². The van der Waals surface area contributed by atoms with Crippen molar-refractivity contribution in [1.82, 2.24) is 0 Å². The summed E-state index contributed by atoms with van der Waals surface area (Å²) in [6.07, 6.45) is 0. The first-order chi connectivity index (χ1) is 10.0. The molecule has 0 aliphatic carbocycles. The number of carbonyl (C=O) groups is 1. The molecule has 1 unspecified atom stereocenters. The van der Waals surface area contributed by atoms with Crippen molar-refractivity contribution in [2.75, 3.05) is 4.90 Å². The van der Waals surface area contributed by atoms with Crippen LogP contribution in [0.3, 0.4) is 0 Å². The average Bonchev–Trinajstić information content (AvgIpc) is 2.72. The zero-order valence-corrected chi connectivity index (χ0v) is 12.1. The van der Waals surface area contributed by atoms with Crippen LogP contribution in [-0.4, -0.2) is 11.0 Å². The Balaban J connectivity index is 2.23. The Morgan fingerprint density at radius 2 is 1.95 bits per heavy atom. The van der Waals surface area contributed by atoms with Crippen molar-refractivity contribution in [3.63, 3.8) is 0 Å². The van der Waals surface area contributed by atoms with Crippen molar-refractivity contribution in [2.45, 2.75) is 6.04 Å². The molecule has 104 valence electrons. The lowest BCUT2D eigenvalue weighted by Gasteiger charge is -2.21. The number of benzene rings is 2. The van der Waals surface area contributed by atoms with Crippen LogP contribution < -0.4 is 4.90 Å². The number of amides is 1. The Morgan fingerprint density at radius 3 is 2.62 bits per heavy atom. The summed E-state index contributed by atoms with van der Waals surface area (Å²) in [5.74, 6) is -0.497. The van der Waals surface area contributed by atoms with Gasteiger partial charge < -0.3 is 5.11 Å². The molecule has 6 heteroatoms. The summed E-state index contributed by atoms with van der Waals surface area (Å²) in [7, 11) is 0. The minimum Gasteiger partial charge on any atom is -0.506 e. The van der Waals surface area contributed by atoms with E-state index in [-0.39, 0.29) is 22.0 Å². The number of carbonyl (C=O) groups excluding carboxylic acids is 1. The first kappa shape index (κ1) is 13.7. The van der Waals surface area contributed by atoms with Gasteiger partial charge in [-0.3, -0.25) is 9.69 Å². The van der Waals surface area contributed by atoms with Gasteiger partial charge in [0.05, 0.1) is 11.8 Å². The van der Waals surface area contributed by atoms with Gasteiger partial charge in [-0.1, -0.05) is 35.3 Å². The van der Waals surface area contributed by atoms with Crippen molar-refractivity contribution in [2.24, 2.45) is 0 Å². The fraction of sp³-hybridized carbons (Fsp3) is 0.0667. The third kappa shape index (κ3) is 2.02. The Labute approximate surface area is 130 Å². The van der Waals surface area contributed by atoms with E-state index >= 15 is 0 Å². The van der Waals surface area contributed by atoms with Gasteiger partial charge >= 0.3 is 0 Å². The number of rotatable bonds is 1. The molecule has 1 atom stereocenters. The second-order valence-corrected chi connectivity index (χ2v) is 5.39. The van der Waals surface area contributed by atoms with Crippen LogP contribution in [0.4, 0.5) is 5.69 Å². The third-order valence-electron chi connectivity index (χ3n) is 3.34. The van der Waals surface area contributed by atoms with Crippen molar-refractivity contribution in [3.8, 4) is 11.8 Å². The van der Waals surface area contributed by atoms with Gasteiger partial charge in [0.25, 0.3) is 5.91 Å². The van der Waals surface area contributed by atoms with E-state index in [1.54, 1.807) is 18.2 Å². The zero-order valence-electron chi connectivity index (χ0n) is 10.5. The van der Waals surface area contributed by atoms with Gasteiger partial charge in [-0.25, -0.2) is 0 Å². The van der Waals surface area contributed by atoms with E-state index in [2.05, 4.69) is 6.07 Å². The lowest BCUT2D eigenvalue weighted by molar-refractivity contribution is 0.0993. The SMILES string of the molecule is N#CC1c2c(Cl)cc(Cl)cc2C(=O)N1c1ccccc1O. The molecule has 0 fully saturated rings. The van der Waals surface area contributed by atoms with Gasteiger partial charge in [0, 0.05) is 21.2 Å². The highest BCUT2D eigenvalue weighted by Gasteiger charge is 2.40. The van der Waals surface area contributed by atoms with E-state index in [9.17, 15) is 15.2 Å². The molecule has 0 aromatic heterocycles. The van der Waals surface area contributed by atoms with Gasteiger partial charge in [0.2, 0.25) is 0 Å². The minimum absolute atomic E-state index is 0.0823. The number of phenols is 1. The van der Waals surface area contributed by atoms with Gasteiger partial charge in [0.1, 0.15) is 5.75 Å². The quantitative estimate of drug-likeness (QED) is 0.866. The molecule has 2 aromatic rings. The number of aromatic hydroxyl groups is 1. The monoisotopic (exact) mass is 318 g/mol. The number of nitrogens with zero attached hydrogens (tertiary/aromatic N) is 2. The smallest absolute Gasteiger partial charge is 0.260 e. The van der Waals surface area contributed by atoms with E-state index in [1.165, 1.54) is 23.1 Å². The molecule has 1 N–H and O–H groups in total. The fourth-order valence-electron chi connectivity index (χ4n) is 2.45. The van der Waals surface area contributed by atoms with Crippen LogP contribution in [0.25, 0.3) is 0 Å². The topological polar surface area (TPSA) is 64.3 Å². The molecule has 0 radical (unpaired) electrons. The molecule has 0 saturated heterocycles. The Morgan fingerprint density at radius 1 is 1.24 bits per heavy atom. The van der Waals surface area contributed by atoms with E-state index in [4.69, 9.17) is 23.2 Å². The summed E-state index contributed by atoms with van der Waals surface area (Å²) in [5, 5.41) is 20.0. The van der Waals surface area contributed by atoms with Crippen molar-refractivity contribution in [3.05, 3.63) is 57.6 Å². The predicted molar refractivity (Wildman–Crippen MR) is 79.7 cm³/mol. The second-order valence-electron chi connectivity index (χ2n) is 4.54. The molecular formula is C15H8Cl2N2O2. The van der Waals surface area contributed by atoms with Gasteiger partial charge in [-0.2, -0.15) is 5.26 Å². The normalized spacial score (nSPS) is 16.7. The Hall–Kier alpha value is -2.22. The predicted octanol–water partition coefficient (Wildman–Crippen LogP) is 3.92. The first-order valence-electron chi connectivity index (χ1n) is 6.04. The van der Waals surface area contributed by atoms with Gasteiger partial charge in [0.15, 0.2) is 6.04 Å². The molecule has 0 saturated carbocycles. The van der Waals surface area contributed by atoms with Crippen LogP contribution in [0.2, 0.25) is 10.0 Å². The highest BCUT2D eigenvalue weighted by atomic mass is 35.5. The average molecular weight is 319 g/mol. The molecule has 4 nitrogen and oxygen atoms in total. The molecule has 1 aliphatic rings. The van der Waals surface area contributed by atoms with E-state index in [0.717, 1.165) is 0 Å². The fourth-order valence-corrected chi connectivity index (χ4v) is 3.05. The summed E-state index contributed by atoms with van der Waals surface area (Å²) in [4.78, 5) is 13.8. The van der Waals surface area contributed by atoms with Crippen LogP contribution in [0, 0.1) is 11.3 Å². The van der Waals surface area contributed by atoms with Crippen molar-refractivity contribution in [1.29, 1.82) is 5.26 Å². The third-order valence-corrected chi connectivity index (χ3v) is 3.87. The highest BCUT2D eigenvalue weighted by molar-refractivity contribution is 6.36. The number of hydrogen-bond donors (Lipinski definition) is 1. The van der Waals surface area contributed by atoms with Crippen LogP contribution >= 0.6 is 23.2 Å². The highest BCUT2D eigenvalue weighted by Crippen LogP contribution is 2.44. The molecule has 1 heterocycles. The zero-order chi connectivity index (χ0) is 15.1. The number of phenolic OH excluding ortho intramolecular Hbond substituents is 1. The standard InChI is InChI=1S/C15H8Cl2N2O2/c16-8-5-9-14(10(17)6-8)12(7-18)19(15(9)21)11-3-1-2-4-13(11)20/h1-6,12,20H. The molecule has 2 aromatic carbocycles. The van der Waals surface area contributed by atoms with Gasteiger partial charge in [-0.05, 0) is 24.3 Å². The van der Waals surface area contributed by atoms with Crippen LogP contribution in [0.5, 0.6) is 5.75 Å². The summed E-state index contributed by atoms with van der Waals surface area (Å²) < 4.78 is 0. The number of para-hydroxylation sites is 2. The maximum absolute atomic E-state index is 12.6. The lowest BCUT2D eigenvalue weighted by atomic mass is 10.1. The molecule has 1 amide bonds. The molecule has 0 bridgehead atoms. The number of fused-ring (bicyclic) bond motifs is 1. The van der Waals surface area contributed by atoms with Crippen LogP contribution in [0.1, 0.15) is 22.0 Å². The van der Waals surface area contributed by atoms with Crippen molar-refractivity contribution >= 4 is 34.8 Å². The molecular weight excluding hydrogens is 311 g/mol.